The summed E-state index contributed by atoms with van der Waals surface area (Å²) in [4.78, 5) is 18.7. The molecule has 1 aliphatic heterocycles. The average molecular weight is 487 g/mol. The molecule has 172 valence electrons. The molecule has 1 aromatic carbocycles. The third-order valence-electron chi connectivity index (χ3n) is 5.28. The number of thiazole rings is 1. The molecule has 0 radical (unpaired) electrons. The molecule has 4 rings (SSSR count). The first-order valence-corrected chi connectivity index (χ1v) is 11.2. The van der Waals surface area contributed by atoms with Crippen LogP contribution in [0.4, 0.5) is 0 Å². The number of carbonyl (C=O) groups is 1. The molecular weight excluding hydrogens is 455 g/mol. The lowest BCUT2D eigenvalue weighted by atomic mass is 9.97. The number of ether oxygens (including phenoxy) is 1. The van der Waals surface area contributed by atoms with Gasteiger partial charge in [-0.05, 0) is 48.4 Å². The largest absolute Gasteiger partial charge is 0.381 e. The summed E-state index contributed by atoms with van der Waals surface area (Å²) >= 11 is 1.44. The smallest absolute Gasteiger partial charge is 0.263 e. The molecule has 2 N–H and O–H groups in total. The Morgan fingerprint density at radius 1 is 1.26 bits per heavy atom. The van der Waals surface area contributed by atoms with Crippen molar-refractivity contribution in [2.45, 2.75) is 40.2 Å². The number of nitrogens with one attached hydrogen (secondary N) is 2. The number of rotatable bonds is 6. The molecule has 0 unspecified atom stereocenters. The van der Waals surface area contributed by atoms with E-state index in [-0.39, 0.29) is 36.1 Å². The summed E-state index contributed by atoms with van der Waals surface area (Å²) in [6, 6.07) is 6.38. The normalized spacial score (nSPS) is 14.9. The van der Waals surface area contributed by atoms with E-state index in [0.717, 1.165) is 55.1 Å². The van der Waals surface area contributed by atoms with Crippen LogP contribution in [0.5, 0.6) is 0 Å². The minimum absolute atomic E-state index is 0. The second kappa shape index (κ2) is 11.0. The summed E-state index contributed by atoms with van der Waals surface area (Å²) in [6.45, 7) is 10.6. The number of nitrogens with zero attached hydrogens (tertiary/aromatic N) is 2. The van der Waals surface area contributed by atoms with Crippen molar-refractivity contribution in [1.29, 1.82) is 0 Å². The van der Waals surface area contributed by atoms with Gasteiger partial charge in [0.25, 0.3) is 5.91 Å². The summed E-state index contributed by atoms with van der Waals surface area (Å²) in [6.07, 6.45) is 4.20. The number of halogens is 2. The molecule has 31 heavy (non-hydrogen) atoms. The van der Waals surface area contributed by atoms with Crippen molar-refractivity contribution in [3.05, 3.63) is 34.8 Å². The Kier molecular flexibility index (Phi) is 9.15. The zero-order valence-electron chi connectivity index (χ0n) is 18.3. The summed E-state index contributed by atoms with van der Waals surface area (Å²) in [7, 11) is 0. The second-order valence-corrected chi connectivity index (χ2v) is 10.1. The Morgan fingerprint density at radius 2 is 2.00 bits per heavy atom. The van der Waals surface area contributed by atoms with E-state index in [1.165, 1.54) is 16.9 Å². The van der Waals surface area contributed by atoms with E-state index in [1.807, 2.05) is 10.6 Å². The SMILES string of the molecule is CC(C)(C)CNC(=O)c1cn2c(nc3ccc(CNCC4CCOCC4)cc32)s1.Cl.Cl. The van der Waals surface area contributed by atoms with Gasteiger partial charge < -0.3 is 15.4 Å². The quantitative estimate of drug-likeness (QED) is 0.530. The van der Waals surface area contributed by atoms with Crippen LogP contribution < -0.4 is 10.6 Å². The van der Waals surface area contributed by atoms with Crippen molar-refractivity contribution in [3.8, 4) is 0 Å². The van der Waals surface area contributed by atoms with Gasteiger partial charge in [0.05, 0.1) is 11.0 Å². The van der Waals surface area contributed by atoms with Gasteiger partial charge in [-0.2, -0.15) is 0 Å². The van der Waals surface area contributed by atoms with Crippen LogP contribution in [0.2, 0.25) is 0 Å². The van der Waals surface area contributed by atoms with Crippen molar-refractivity contribution in [2.75, 3.05) is 26.3 Å². The Balaban J connectivity index is 0.00000171. The van der Waals surface area contributed by atoms with Gasteiger partial charge in [0, 0.05) is 32.5 Å². The summed E-state index contributed by atoms with van der Waals surface area (Å²) in [5.74, 6) is 0.679. The number of amides is 1. The van der Waals surface area contributed by atoms with E-state index in [4.69, 9.17) is 4.74 Å². The molecule has 1 amide bonds. The molecule has 2 aromatic heterocycles. The van der Waals surface area contributed by atoms with E-state index < -0.39 is 0 Å². The van der Waals surface area contributed by atoms with Crippen LogP contribution in [0.1, 0.15) is 48.8 Å². The van der Waals surface area contributed by atoms with Gasteiger partial charge in [0.2, 0.25) is 0 Å². The molecule has 0 saturated carbocycles. The first kappa shape index (κ1) is 25.9. The molecule has 3 aromatic rings. The number of hydrogen-bond acceptors (Lipinski definition) is 5. The Hall–Kier alpha value is -1.38. The van der Waals surface area contributed by atoms with Gasteiger partial charge >= 0.3 is 0 Å². The van der Waals surface area contributed by atoms with Crippen LogP contribution in [0.25, 0.3) is 16.0 Å². The lowest BCUT2D eigenvalue weighted by molar-refractivity contribution is 0.0662. The van der Waals surface area contributed by atoms with Crippen LogP contribution >= 0.6 is 36.2 Å². The van der Waals surface area contributed by atoms with Gasteiger partial charge in [0.1, 0.15) is 4.88 Å². The average Bonchev–Trinajstić information content (AvgIpc) is 3.24. The molecule has 6 nitrogen and oxygen atoms in total. The highest BCUT2D eigenvalue weighted by molar-refractivity contribution is 7.18. The molecule has 0 aliphatic carbocycles. The zero-order chi connectivity index (χ0) is 20.4. The zero-order valence-corrected chi connectivity index (χ0v) is 20.7. The molecule has 0 spiro atoms. The minimum atomic E-state index is -0.0298. The van der Waals surface area contributed by atoms with E-state index in [0.29, 0.717) is 17.3 Å². The predicted octanol–water partition coefficient (Wildman–Crippen LogP) is 4.68. The number of imidazole rings is 1. The summed E-state index contributed by atoms with van der Waals surface area (Å²) in [5, 5.41) is 6.60. The molecule has 1 aliphatic rings. The van der Waals surface area contributed by atoms with Crippen LogP contribution in [0.3, 0.4) is 0 Å². The minimum Gasteiger partial charge on any atom is -0.381 e. The number of benzene rings is 1. The third kappa shape index (κ3) is 6.56. The highest BCUT2D eigenvalue weighted by atomic mass is 35.5. The second-order valence-electron chi connectivity index (χ2n) is 9.11. The third-order valence-corrected chi connectivity index (χ3v) is 6.26. The van der Waals surface area contributed by atoms with Crippen molar-refractivity contribution in [1.82, 2.24) is 20.0 Å². The summed E-state index contributed by atoms with van der Waals surface area (Å²) < 4.78 is 7.47. The molecule has 0 bridgehead atoms. The van der Waals surface area contributed by atoms with E-state index >= 15 is 0 Å². The van der Waals surface area contributed by atoms with Crippen LogP contribution in [0.15, 0.2) is 24.4 Å². The maximum Gasteiger partial charge on any atom is 0.263 e. The van der Waals surface area contributed by atoms with E-state index in [9.17, 15) is 4.79 Å². The van der Waals surface area contributed by atoms with E-state index in [2.05, 4.69) is 54.6 Å². The Labute approximate surface area is 200 Å². The first-order valence-electron chi connectivity index (χ1n) is 10.4. The fourth-order valence-electron chi connectivity index (χ4n) is 3.57. The van der Waals surface area contributed by atoms with Crippen LogP contribution in [-0.4, -0.2) is 41.6 Å². The molecule has 9 heteroatoms. The maximum absolute atomic E-state index is 12.5. The molecule has 3 heterocycles. The fraction of sp³-hybridized carbons (Fsp3) is 0.545. The van der Waals surface area contributed by atoms with Crippen LogP contribution in [-0.2, 0) is 11.3 Å². The number of fused-ring (bicyclic) bond motifs is 3. The fourth-order valence-corrected chi connectivity index (χ4v) is 4.49. The molecule has 0 atom stereocenters. The van der Waals surface area contributed by atoms with Gasteiger partial charge in [-0.15, -0.1) is 24.8 Å². The van der Waals surface area contributed by atoms with Crippen molar-refractivity contribution in [2.24, 2.45) is 11.3 Å². The summed E-state index contributed by atoms with van der Waals surface area (Å²) in [5.41, 5.74) is 3.31. The van der Waals surface area contributed by atoms with Crippen molar-refractivity contribution < 1.29 is 9.53 Å². The maximum atomic E-state index is 12.5. The highest BCUT2D eigenvalue weighted by Crippen LogP contribution is 2.25. The lowest BCUT2D eigenvalue weighted by Gasteiger charge is -2.22. The monoisotopic (exact) mass is 486 g/mol. The predicted molar refractivity (Wildman–Crippen MR) is 132 cm³/mol. The highest BCUT2D eigenvalue weighted by Gasteiger charge is 2.17. The Morgan fingerprint density at radius 3 is 2.71 bits per heavy atom. The number of aromatic nitrogens is 2. The van der Waals surface area contributed by atoms with Crippen LogP contribution in [0, 0.1) is 11.3 Å². The van der Waals surface area contributed by atoms with Gasteiger partial charge in [-0.3, -0.25) is 9.20 Å². The topological polar surface area (TPSA) is 67.7 Å². The lowest BCUT2D eigenvalue weighted by Crippen LogP contribution is -2.31. The van der Waals surface area contributed by atoms with Crippen molar-refractivity contribution in [3.63, 3.8) is 0 Å². The Bertz CT molecular complexity index is 1010. The molecular formula is C22H32Cl2N4O2S. The first-order chi connectivity index (χ1) is 13.9. The number of hydrogen-bond donors (Lipinski definition) is 2. The standard InChI is InChI=1S/C22H30N4O2S.2ClH/c1-22(2,3)14-24-20(27)19-13-26-18-10-16(4-5-17(18)25-21(26)29-19)12-23-11-15-6-8-28-9-7-15;;/h4-5,10,13,15,23H,6-9,11-12,14H2,1-3H3,(H,24,27);2*1H. The molecule has 1 saturated heterocycles. The van der Waals surface area contributed by atoms with Crippen molar-refractivity contribution >= 4 is 58.1 Å². The van der Waals surface area contributed by atoms with Gasteiger partial charge in [-0.25, -0.2) is 4.98 Å². The van der Waals surface area contributed by atoms with Gasteiger partial charge in [0.15, 0.2) is 4.96 Å². The molecule has 1 fully saturated rings. The van der Waals surface area contributed by atoms with E-state index in [1.54, 1.807) is 0 Å². The number of carbonyl (C=O) groups excluding carboxylic acids is 1. The van der Waals surface area contributed by atoms with Gasteiger partial charge in [-0.1, -0.05) is 38.2 Å².